The first-order valence-electron chi connectivity index (χ1n) is 5.78. The van der Waals surface area contributed by atoms with Crippen LogP contribution in [0.25, 0.3) is 0 Å². The molecule has 5 heteroatoms. The normalized spacial score (nSPS) is 10.2. The third-order valence-corrected chi connectivity index (χ3v) is 2.97. The number of halogens is 1. The fraction of sp³-hybridized carbons (Fsp3) is 0.308. The number of rotatable bonds is 5. The maximum Gasteiger partial charge on any atom is 0.174 e. The van der Waals surface area contributed by atoms with E-state index in [4.69, 9.17) is 23.8 Å². The molecule has 0 aromatic carbocycles. The van der Waals surface area contributed by atoms with Crippen molar-refractivity contribution in [1.29, 1.82) is 0 Å². The average Bonchev–Trinajstić information content (AvgIpc) is 2.90. The number of nitrogens with one attached hydrogen (secondary N) is 2. The zero-order valence-electron chi connectivity index (χ0n) is 10.7. The summed E-state index contributed by atoms with van der Waals surface area (Å²) in [6.45, 7) is 4.00. The smallest absolute Gasteiger partial charge is 0.174 e. The van der Waals surface area contributed by atoms with E-state index in [0.29, 0.717) is 11.0 Å². The van der Waals surface area contributed by atoms with Crippen molar-refractivity contribution >= 4 is 40.3 Å². The zero-order chi connectivity index (χ0) is 13.6. The van der Waals surface area contributed by atoms with Gasteiger partial charge >= 0.3 is 0 Å². The van der Waals surface area contributed by atoms with E-state index in [1.165, 1.54) is 4.88 Å². The van der Waals surface area contributed by atoms with Crippen molar-refractivity contribution in [2.45, 2.75) is 20.3 Å². The van der Waals surface area contributed by atoms with Crippen molar-refractivity contribution < 1.29 is 0 Å². The summed E-state index contributed by atoms with van der Waals surface area (Å²) in [6, 6.07) is 4.15. The van der Waals surface area contributed by atoms with E-state index in [2.05, 4.69) is 22.1 Å². The molecule has 0 aliphatic carbocycles. The summed E-state index contributed by atoms with van der Waals surface area (Å²) in [5.74, 6) is 0.476. The molecule has 0 spiro atoms. The van der Waals surface area contributed by atoms with E-state index in [9.17, 15) is 0 Å². The molecule has 2 nitrogen and oxygen atoms in total. The van der Waals surface area contributed by atoms with Gasteiger partial charge in [-0.05, 0) is 29.9 Å². The van der Waals surface area contributed by atoms with Crippen molar-refractivity contribution in [1.82, 2.24) is 10.6 Å². The number of thiophene rings is 1. The summed E-state index contributed by atoms with van der Waals surface area (Å²) >= 11 is 12.2. The molecule has 0 saturated carbocycles. The van der Waals surface area contributed by atoms with Gasteiger partial charge in [0, 0.05) is 23.4 Å². The van der Waals surface area contributed by atoms with Crippen LogP contribution in [0.15, 0.2) is 42.1 Å². The zero-order valence-corrected chi connectivity index (χ0v) is 13.0. The largest absolute Gasteiger partial charge is 0.339 e. The lowest BCUT2D eigenvalue weighted by molar-refractivity contribution is 1.14. The van der Waals surface area contributed by atoms with Crippen molar-refractivity contribution in [3.63, 3.8) is 0 Å². The van der Waals surface area contributed by atoms with E-state index in [-0.39, 0.29) is 0 Å². The van der Waals surface area contributed by atoms with E-state index in [0.717, 1.165) is 6.42 Å². The third-order valence-electron chi connectivity index (χ3n) is 1.65. The molecule has 0 bridgehead atoms. The molecule has 0 unspecified atom stereocenters. The molecule has 0 aliphatic rings. The maximum absolute atomic E-state index is 5.47. The summed E-state index contributed by atoms with van der Waals surface area (Å²) in [7, 11) is 0. The Morgan fingerprint density at radius 3 is 2.56 bits per heavy atom. The topological polar surface area (TPSA) is 24.1 Å². The third kappa shape index (κ3) is 9.22. The second-order valence-corrected chi connectivity index (χ2v) is 4.61. The van der Waals surface area contributed by atoms with Crippen LogP contribution < -0.4 is 10.6 Å². The van der Waals surface area contributed by atoms with Gasteiger partial charge in [0.25, 0.3) is 0 Å². The summed E-state index contributed by atoms with van der Waals surface area (Å²) in [6.07, 6.45) is 8.29. The Morgan fingerprint density at radius 1 is 1.33 bits per heavy atom. The molecule has 1 rings (SSSR count). The van der Waals surface area contributed by atoms with Crippen molar-refractivity contribution in [2.75, 3.05) is 5.88 Å². The first kappa shape index (κ1) is 17.2. The highest BCUT2D eigenvalue weighted by atomic mass is 35.5. The van der Waals surface area contributed by atoms with Gasteiger partial charge in [-0.1, -0.05) is 32.1 Å². The Hall–Kier alpha value is -0.840. The SMILES string of the molecule is CC.S=C(N/C=C/CCl)N/C=C/Cc1cccs1. The molecule has 0 amide bonds. The Labute approximate surface area is 124 Å². The second kappa shape index (κ2) is 12.6. The van der Waals surface area contributed by atoms with Gasteiger partial charge in [-0.3, -0.25) is 0 Å². The van der Waals surface area contributed by atoms with Gasteiger partial charge in [0.1, 0.15) is 0 Å². The van der Waals surface area contributed by atoms with Crippen molar-refractivity contribution in [2.24, 2.45) is 0 Å². The standard InChI is InChI=1S/C11H13ClN2S2.C2H6/c12-6-3-8-14-11(15)13-7-1-4-10-5-2-9-16-10;1-2/h1-3,5,7-9H,4,6H2,(H2,13,14,15);1-2H3/b7-1+,8-3+;. The van der Waals surface area contributed by atoms with Gasteiger partial charge < -0.3 is 10.6 Å². The Kier molecular flexibility index (Phi) is 12.0. The molecule has 0 fully saturated rings. The van der Waals surface area contributed by atoms with Crippen LogP contribution in [-0.4, -0.2) is 11.0 Å². The number of hydrogen-bond donors (Lipinski definition) is 2. The van der Waals surface area contributed by atoms with Crippen LogP contribution in [0.5, 0.6) is 0 Å². The lowest BCUT2D eigenvalue weighted by Crippen LogP contribution is -2.27. The Balaban J connectivity index is 0.00000137. The van der Waals surface area contributed by atoms with Gasteiger partial charge in [-0.25, -0.2) is 0 Å². The van der Waals surface area contributed by atoms with Crippen LogP contribution in [0, 0.1) is 0 Å². The summed E-state index contributed by atoms with van der Waals surface area (Å²) in [5, 5.41) is 8.47. The van der Waals surface area contributed by atoms with Gasteiger partial charge in [-0.2, -0.15) is 0 Å². The fourth-order valence-electron chi connectivity index (χ4n) is 0.959. The predicted octanol–water partition coefficient (Wildman–Crippen LogP) is 4.05. The second-order valence-electron chi connectivity index (χ2n) is 2.86. The summed E-state index contributed by atoms with van der Waals surface area (Å²) < 4.78 is 0. The molecule has 100 valence electrons. The number of allylic oxidation sites excluding steroid dienone is 2. The van der Waals surface area contributed by atoms with E-state index in [1.807, 2.05) is 32.2 Å². The molecule has 1 heterocycles. The molecule has 18 heavy (non-hydrogen) atoms. The highest BCUT2D eigenvalue weighted by Gasteiger charge is 1.89. The number of alkyl halides is 1. The minimum atomic E-state index is 0.476. The summed E-state index contributed by atoms with van der Waals surface area (Å²) in [5.41, 5.74) is 0. The molecule has 0 saturated heterocycles. The molecular formula is C13H19ClN2S2. The van der Waals surface area contributed by atoms with Crippen LogP contribution in [-0.2, 0) is 6.42 Å². The quantitative estimate of drug-likeness (QED) is 0.634. The van der Waals surface area contributed by atoms with Gasteiger partial charge in [0.2, 0.25) is 0 Å². The molecule has 1 aromatic heterocycles. The van der Waals surface area contributed by atoms with Crippen molar-refractivity contribution in [3.05, 3.63) is 46.9 Å². The predicted molar refractivity (Wildman–Crippen MR) is 87.2 cm³/mol. The van der Waals surface area contributed by atoms with Gasteiger partial charge in [0.15, 0.2) is 5.11 Å². The molecule has 0 radical (unpaired) electrons. The van der Waals surface area contributed by atoms with E-state index < -0.39 is 0 Å². The highest BCUT2D eigenvalue weighted by molar-refractivity contribution is 7.80. The first-order chi connectivity index (χ1) is 8.83. The van der Waals surface area contributed by atoms with Crippen LogP contribution in [0.1, 0.15) is 18.7 Å². The Morgan fingerprint density at radius 2 is 2.00 bits per heavy atom. The molecule has 0 atom stereocenters. The minimum Gasteiger partial charge on any atom is -0.339 e. The van der Waals surface area contributed by atoms with Crippen molar-refractivity contribution in [3.8, 4) is 0 Å². The molecule has 2 N–H and O–H groups in total. The van der Waals surface area contributed by atoms with Gasteiger partial charge in [-0.15, -0.1) is 22.9 Å². The van der Waals surface area contributed by atoms with E-state index >= 15 is 0 Å². The highest BCUT2D eigenvalue weighted by Crippen LogP contribution is 2.08. The Bertz CT molecular complexity index is 359. The lowest BCUT2D eigenvalue weighted by Gasteiger charge is -2.01. The first-order valence-corrected chi connectivity index (χ1v) is 7.60. The van der Waals surface area contributed by atoms with Crippen LogP contribution in [0.3, 0.4) is 0 Å². The fourth-order valence-corrected chi connectivity index (χ4v) is 1.87. The van der Waals surface area contributed by atoms with E-state index in [1.54, 1.807) is 23.6 Å². The molecule has 0 aliphatic heterocycles. The molecule has 1 aromatic rings. The molecular weight excluding hydrogens is 284 g/mol. The van der Waals surface area contributed by atoms with Crippen LogP contribution >= 0.6 is 35.2 Å². The average molecular weight is 303 g/mol. The lowest BCUT2D eigenvalue weighted by atomic mass is 10.3. The maximum atomic E-state index is 5.47. The number of hydrogen-bond acceptors (Lipinski definition) is 2. The van der Waals surface area contributed by atoms with Gasteiger partial charge in [0.05, 0.1) is 0 Å². The summed E-state index contributed by atoms with van der Waals surface area (Å²) in [4.78, 5) is 1.33. The minimum absolute atomic E-state index is 0.476. The monoisotopic (exact) mass is 302 g/mol. The van der Waals surface area contributed by atoms with Crippen LogP contribution in [0.2, 0.25) is 0 Å². The van der Waals surface area contributed by atoms with Crippen LogP contribution in [0.4, 0.5) is 0 Å². The number of thiocarbonyl (C=S) groups is 1.